The zero-order chi connectivity index (χ0) is 28.9. The number of nitrogens with one attached hydrogen (secondary N) is 5. The number of aromatic nitrogens is 1. The highest BCUT2D eigenvalue weighted by atomic mass is 16.5. The molecule has 0 saturated carbocycles. The minimum Gasteiger partial charge on any atom is -0.467 e. The van der Waals surface area contributed by atoms with Crippen LogP contribution in [-0.2, 0) is 23.9 Å². The quantitative estimate of drug-likeness (QED) is 0.151. The van der Waals surface area contributed by atoms with Crippen LogP contribution in [0.5, 0.6) is 0 Å². The number of hydrogen-bond donors (Lipinski definition) is 7. The molecule has 212 valence electrons. The van der Waals surface area contributed by atoms with Crippen LogP contribution in [-0.4, -0.2) is 82.7 Å². The summed E-state index contributed by atoms with van der Waals surface area (Å²) in [6, 6.07) is 7.06. The van der Waals surface area contributed by atoms with E-state index in [2.05, 4.69) is 31.0 Å². The Balaban J connectivity index is 2.11. The average Bonchev–Trinajstić information content (AvgIpc) is 3.48. The number of H-pyrrole nitrogens is 1. The molecule has 2 aromatic rings. The Bertz CT molecular complexity index is 1110. The summed E-state index contributed by atoms with van der Waals surface area (Å²) in [5, 5.41) is 29.7. The highest BCUT2D eigenvalue weighted by Crippen LogP contribution is 2.17. The van der Waals surface area contributed by atoms with Crippen LogP contribution in [0, 0.1) is 0 Å². The van der Waals surface area contributed by atoms with Crippen LogP contribution < -0.4 is 21.3 Å². The largest absolute Gasteiger partial charge is 0.467 e. The van der Waals surface area contributed by atoms with Gasteiger partial charge in [-0.15, -0.1) is 0 Å². The number of aliphatic hydroxyl groups is 2. The van der Waals surface area contributed by atoms with Crippen LogP contribution in [0.25, 0.3) is 0 Å². The SMILES string of the molecule is CCC(NC(=O)c1ccc[nH]1)C(=O)NC(CO)C(=O)NC(CC(=O)NC(C(=O)OC)C(C)O)c1ccccc1. The number of methoxy groups -OCH3 is 1. The zero-order valence-corrected chi connectivity index (χ0v) is 22.0. The molecule has 0 fully saturated rings. The minimum atomic E-state index is -1.39. The van der Waals surface area contributed by atoms with Gasteiger partial charge in [-0.05, 0) is 31.0 Å². The fraction of sp³-hybridized carbons (Fsp3) is 0.423. The number of hydrogen-bond acceptors (Lipinski definition) is 8. The first-order valence-electron chi connectivity index (χ1n) is 12.4. The van der Waals surface area contributed by atoms with Crippen molar-refractivity contribution in [3.8, 4) is 0 Å². The molecule has 0 aliphatic heterocycles. The molecule has 1 heterocycles. The number of aromatic amines is 1. The Labute approximate surface area is 225 Å². The fourth-order valence-electron chi connectivity index (χ4n) is 3.66. The van der Waals surface area contributed by atoms with Crippen molar-refractivity contribution < 1.29 is 38.9 Å². The van der Waals surface area contributed by atoms with Crippen LogP contribution in [0.2, 0.25) is 0 Å². The van der Waals surface area contributed by atoms with E-state index in [9.17, 15) is 34.2 Å². The third-order valence-corrected chi connectivity index (χ3v) is 5.85. The lowest BCUT2D eigenvalue weighted by Crippen LogP contribution is -2.55. The van der Waals surface area contributed by atoms with E-state index in [1.165, 1.54) is 6.92 Å². The molecule has 39 heavy (non-hydrogen) atoms. The van der Waals surface area contributed by atoms with Crippen molar-refractivity contribution >= 4 is 29.6 Å². The summed E-state index contributed by atoms with van der Waals surface area (Å²) in [6.45, 7) is 2.24. The summed E-state index contributed by atoms with van der Waals surface area (Å²) in [5.41, 5.74) is 0.798. The van der Waals surface area contributed by atoms with Gasteiger partial charge in [0, 0.05) is 6.20 Å². The molecular weight excluding hydrogens is 510 g/mol. The second-order valence-electron chi connectivity index (χ2n) is 8.75. The molecule has 13 nitrogen and oxygen atoms in total. The normalized spacial score (nSPS) is 14.6. The number of carbonyl (C=O) groups is 5. The molecule has 0 bridgehead atoms. The molecule has 0 aliphatic rings. The maximum absolute atomic E-state index is 13.1. The van der Waals surface area contributed by atoms with E-state index in [0.29, 0.717) is 5.56 Å². The number of aliphatic hydroxyl groups excluding tert-OH is 2. The van der Waals surface area contributed by atoms with Crippen molar-refractivity contribution in [1.29, 1.82) is 0 Å². The number of carbonyl (C=O) groups excluding carboxylic acids is 5. The highest BCUT2D eigenvalue weighted by molar-refractivity contribution is 5.97. The topological polar surface area (TPSA) is 199 Å². The third-order valence-electron chi connectivity index (χ3n) is 5.85. The van der Waals surface area contributed by atoms with Crippen LogP contribution in [0.15, 0.2) is 48.7 Å². The molecule has 5 atom stereocenters. The van der Waals surface area contributed by atoms with E-state index in [1.54, 1.807) is 55.6 Å². The minimum absolute atomic E-state index is 0.218. The molecule has 1 aromatic carbocycles. The number of benzene rings is 1. The van der Waals surface area contributed by atoms with Crippen LogP contribution in [0.4, 0.5) is 0 Å². The van der Waals surface area contributed by atoms with Gasteiger partial charge in [-0.25, -0.2) is 4.79 Å². The Hall–Kier alpha value is -4.23. The molecule has 13 heteroatoms. The molecule has 4 amide bonds. The molecule has 7 N–H and O–H groups in total. The summed E-state index contributed by atoms with van der Waals surface area (Å²) < 4.78 is 4.61. The smallest absolute Gasteiger partial charge is 0.331 e. The summed E-state index contributed by atoms with van der Waals surface area (Å²) in [4.78, 5) is 65.6. The molecule has 2 rings (SSSR count). The fourth-order valence-corrected chi connectivity index (χ4v) is 3.66. The molecule has 0 saturated heterocycles. The molecular formula is C26H35N5O8. The van der Waals surface area contributed by atoms with Crippen molar-refractivity contribution in [2.45, 2.75) is 57.0 Å². The maximum Gasteiger partial charge on any atom is 0.331 e. The second-order valence-corrected chi connectivity index (χ2v) is 8.75. The predicted octanol–water partition coefficient (Wildman–Crippen LogP) is -0.714. The Kier molecular flexibility index (Phi) is 12.1. The zero-order valence-electron chi connectivity index (χ0n) is 22.0. The van der Waals surface area contributed by atoms with Crippen molar-refractivity contribution in [1.82, 2.24) is 26.3 Å². The van der Waals surface area contributed by atoms with Crippen molar-refractivity contribution in [3.63, 3.8) is 0 Å². The van der Waals surface area contributed by atoms with Gasteiger partial charge in [0.2, 0.25) is 17.7 Å². The van der Waals surface area contributed by atoms with E-state index in [4.69, 9.17) is 0 Å². The number of ether oxygens (including phenoxy) is 1. The van der Waals surface area contributed by atoms with Gasteiger partial charge in [-0.2, -0.15) is 0 Å². The lowest BCUT2D eigenvalue weighted by atomic mass is 10.0. The lowest BCUT2D eigenvalue weighted by molar-refractivity contribution is -0.148. The van der Waals surface area contributed by atoms with Crippen LogP contribution >= 0.6 is 0 Å². The Morgan fingerprint density at radius 1 is 0.923 bits per heavy atom. The lowest BCUT2D eigenvalue weighted by Gasteiger charge is -2.25. The van der Waals surface area contributed by atoms with Crippen molar-refractivity contribution in [2.75, 3.05) is 13.7 Å². The molecule has 1 aromatic heterocycles. The summed E-state index contributed by atoms with van der Waals surface area (Å²) in [7, 11) is 1.12. The summed E-state index contributed by atoms with van der Waals surface area (Å²) in [6.07, 6.45) is 0.219. The van der Waals surface area contributed by atoms with E-state index >= 15 is 0 Å². The summed E-state index contributed by atoms with van der Waals surface area (Å²) in [5.74, 6) is -3.47. The second kappa shape index (κ2) is 15.2. The van der Waals surface area contributed by atoms with Gasteiger partial charge in [0.1, 0.15) is 17.8 Å². The Morgan fingerprint density at radius 3 is 2.13 bits per heavy atom. The molecule has 0 aliphatic carbocycles. The first-order chi connectivity index (χ1) is 18.6. The number of amides is 4. The first kappa shape index (κ1) is 31.0. The van der Waals surface area contributed by atoms with Crippen LogP contribution in [0.1, 0.15) is 48.8 Å². The standard InChI is InChI=1S/C26H35N5O8/c1-4-17(28-24(36)18-11-8-12-27-18)23(35)30-20(14-32)25(37)29-19(16-9-6-5-7-10-16)13-21(34)31-22(15(2)33)26(38)39-3/h5-12,15,17,19-20,22,27,32-33H,4,13-14H2,1-3H3,(H,28,36)(H,29,37)(H,30,35)(H,31,34). The van der Waals surface area contributed by atoms with Crippen molar-refractivity contribution in [3.05, 3.63) is 59.9 Å². The summed E-state index contributed by atoms with van der Waals surface area (Å²) >= 11 is 0. The molecule has 5 unspecified atom stereocenters. The van der Waals surface area contributed by atoms with Gasteiger partial charge in [-0.3, -0.25) is 19.2 Å². The van der Waals surface area contributed by atoms with Gasteiger partial charge in [-0.1, -0.05) is 37.3 Å². The van der Waals surface area contributed by atoms with E-state index in [1.807, 2.05) is 0 Å². The van der Waals surface area contributed by atoms with Crippen molar-refractivity contribution in [2.24, 2.45) is 0 Å². The van der Waals surface area contributed by atoms with Gasteiger partial charge in [0.05, 0.1) is 32.3 Å². The maximum atomic E-state index is 13.1. The third kappa shape index (κ3) is 9.23. The van der Waals surface area contributed by atoms with E-state index in [-0.39, 0.29) is 18.5 Å². The number of esters is 1. The van der Waals surface area contributed by atoms with Gasteiger partial charge in [0.25, 0.3) is 5.91 Å². The molecule has 0 spiro atoms. The van der Waals surface area contributed by atoms with E-state index in [0.717, 1.165) is 7.11 Å². The molecule has 0 radical (unpaired) electrons. The van der Waals surface area contributed by atoms with E-state index < -0.39 is 66.5 Å². The average molecular weight is 546 g/mol. The highest BCUT2D eigenvalue weighted by Gasteiger charge is 2.30. The monoisotopic (exact) mass is 545 g/mol. The van der Waals surface area contributed by atoms with Gasteiger partial charge < -0.3 is 41.2 Å². The Morgan fingerprint density at radius 2 is 1.59 bits per heavy atom. The first-order valence-corrected chi connectivity index (χ1v) is 12.4. The van der Waals surface area contributed by atoms with Gasteiger partial charge in [0.15, 0.2) is 6.04 Å². The van der Waals surface area contributed by atoms with Crippen LogP contribution in [0.3, 0.4) is 0 Å². The number of rotatable bonds is 14. The predicted molar refractivity (Wildman–Crippen MR) is 139 cm³/mol. The van der Waals surface area contributed by atoms with Gasteiger partial charge >= 0.3 is 5.97 Å².